The average molecular weight is 384 g/mol. The Bertz CT molecular complexity index is 576. The lowest BCUT2D eigenvalue weighted by Crippen LogP contribution is -2.34. The van der Waals surface area contributed by atoms with Crippen LogP contribution in [-0.4, -0.2) is 51.9 Å². The van der Waals surface area contributed by atoms with Gasteiger partial charge in [0.15, 0.2) is 0 Å². The fraction of sp³-hybridized carbons (Fsp3) is 0.538. The molecule has 0 aliphatic rings. The van der Waals surface area contributed by atoms with Crippen LogP contribution in [0, 0.1) is 6.92 Å². The zero-order chi connectivity index (χ0) is 15.5. The van der Waals surface area contributed by atoms with Gasteiger partial charge in [0.05, 0.1) is 4.90 Å². The van der Waals surface area contributed by atoms with Gasteiger partial charge in [-0.3, -0.25) is 0 Å². The summed E-state index contributed by atoms with van der Waals surface area (Å²) in [6, 6.07) is 3.50. The van der Waals surface area contributed by atoms with Crippen LogP contribution in [0.15, 0.2) is 21.5 Å². The largest absolute Gasteiger partial charge is 0.308 e. The van der Waals surface area contributed by atoms with Crippen molar-refractivity contribution in [2.24, 2.45) is 0 Å². The molecule has 4 nitrogen and oxygen atoms in total. The summed E-state index contributed by atoms with van der Waals surface area (Å²) in [6.45, 7) is 2.90. The molecule has 0 aliphatic heterocycles. The molecule has 0 aliphatic carbocycles. The summed E-state index contributed by atoms with van der Waals surface area (Å²) in [5.74, 6) is 0.281. The van der Waals surface area contributed by atoms with Crippen LogP contribution in [0.5, 0.6) is 0 Å². The van der Waals surface area contributed by atoms with Crippen LogP contribution in [-0.2, 0) is 15.9 Å². The summed E-state index contributed by atoms with van der Waals surface area (Å²) in [5.41, 5.74) is 1.49. The highest BCUT2D eigenvalue weighted by Crippen LogP contribution is 2.28. The van der Waals surface area contributed by atoms with Gasteiger partial charge in [-0.15, -0.1) is 11.6 Å². The zero-order valence-electron chi connectivity index (χ0n) is 12.2. The van der Waals surface area contributed by atoms with Crippen molar-refractivity contribution in [3.63, 3.8) is 0 Å². The maximum absolute atomic E-state index is 12.6. The number of hydrogen-bond donors (Lipinski definition) is 0. The van der Waals surface area contributed by atoms with Gasteiger partial charge in [0.1, 0.15) is 0 Å². The molecule has 0 fully saturated rings. The van der Waals surface area contributed by atoms with Gasteiger partial charge in [-0.05, 0) is 44.3 Å². The van der Waals surface area contributed by atoms with Crippen LogP contribution < -0.4 is 0 Å². The van der Waals surface area contributed by atoms with Gasteiger partial charge in [-0.25, -0.2) is 8.42 Å². The molecule has 0 radical (unpaired) electrons. The monoisotopic (exact) mass is 382 g/mol. The van der Waals surface area contributed by atoms with Crippen LogP contribution in [0.25, 0.3) is 0 Å². The molecule has 0 N–H and O–H groups in total. The minimum Gasteiger partial charge on any atom is -0.308 e. The van der Waals surface area contributed by atoms with Crippen molar-refractivity contribution in [2.75, 3.05) is 34.2 Å². The molecule has 0 heterocycles. The van der Waals surface area contributed by atoms with Crippen LogP contribution in [0.4, 0.5) is 0 Å². The van der Waals surface area contributed by atoms with Crippen molar-refractivity contribution in [1.82, 2.24) is 9.21 Å². The highest BCUT2D eigenvalue weighted by Gasteiger charge is 2.24. The van der Waals surface area contributed by atoms with Gasteiger partial charge < -0.3 is 4.90 Å². The van der Waals surface area contributed by atoms with Crippen molar-refractivity contribution >= 4 is 37.6 Å². The Balaban J connectivity index is 3.18. The summed E-state index contributed by atoms with van der Waals surface area (Å²) in [6.07, 6.45) is 0. The van der Waals surface area contributed by atoms with Crippen LogP contribution in [0.1, 0.15) is 11.1 Å². The van der Waals surface area contributed by atoms with Crippen LogP contribution >= 0.6 is 27.5 Å². The minimum absolute atomic E-state index is 0.281. The standard InChI is InChI=1S/C13H20BrClN2O2S/c1-10-12(14)7-11(9-15)8-13(10)20(18,19)17(4)6-5-16(2)3/h7-8H,5-6,9H2,1-4H3. The molecule has 0 saturated heterocycles. The van der Waals surface area contributed by atoms with Gasteiger partial charge in [0.2, 0.25) is 10.0 Å². The lowest BCUT2D eigenvalue weighted by molar-refractivity contribution is 0.358. The third kappa shape index (κ3) is 4.18. The second-order valence-electron chi connectivity index (χ2n) is 4.96. The number of rotatable bonds is 6. The molecule has 1 aromatic carbocycles. The average Bonchev–Trinajstić information content (AvgIpc) is 2.38. The quantitative estimate of drug-likeness (QED) is 0.709. The summed E-state index contributed by atoms with van der Waals surface area (Å²) in [7, 11) is 1.92. The first kappa shape index (κ1) is 17.9. The van der Waals surface area contributed by atoms with E-state index in [1.807, 2.05) is 25.1 Å². The van der Waals surface area contributed by atoms with Gasteiger partial charge in [-0.1, -0.05) is 15.9 Å². The minimum atomic E-state index is -3.50. The van der Waals surface area contributed by atoms with Crippen molar-refractivity contribution in [1.29, 1.82) is 0 Å². The first-order valence-corrected chi connectivity index (χ1v) is 8.93. The smallest absolute Gasteiger partial charge is 0.243 e. The van der Waals surface area contributed by atoms with E-state index in [1.165, 1.54) is 4.31 Å². The molecule has 114 valence electrons. The topological polar surface area (TPSA) is 40.6 Å². The maximum atomic E-state index is 12.6. The van der Waals surface area contributed by atoms with E-state index in [9.17, 15) is 8.42 Å². The zero-order valence-corrected chi connectivity index (χ0v) is 15.3. The molecular formula is C13H20BrClN2O2S. The molecule has 0 saturated carbocycles. The van der Waals surface area contributed by atoms with Crippen molar-refractivity contribution < 1.29 is 8.42 Å². The number of benzene rings is 1. The predicted octanol–water partition coefficient (Wildman–Crippen LogP) is 2.68. The lowest BCUT2D eigenvalue weighted by Gasteiger charge is -2.21. The first-order chi connectivity index (χ1) is 9.20. The highest BCUT2D eigenvalue weighted by atomic mass is 79.9. The second-order valence-corrected chi connectivity index (χ2v) is 8.10. The highest BCUT2D eigenvalue weighted by molar-refractivity contribution is 9.10. The molecule has 0 spiro atoms. The fourth-order valence-electron chi connectivity index (χ4n) is 1.68. The number of sulfonamides is 1. The Morgan fingerprint density at radius 3 is 2.30 bits per heavy atom. The lowest BCUT2D eigenvalue weighted by atomic mass is 10.2. The molecule has 20 heavy (non-hydrogen) atoms. The molecule has 0 aromatic heterocycles. The normalized spacial score (nSPS) is 12.4. The van der Waals surface area contributed by atoms with Crippen molar-refractivity contribution in [2.45, 2.75) is 17.7 Å². The van der Waals surface area contributed by atoms with E-state index in [2.05, 4.69) is 15.9 Å². The van der Waals surface area contributed by atoms with Crippen LogP contribution in [0.3, 0.4) is 0 Å². The van der Waals surface area contributed by atoms with Gasteiger partial charge >= 0.3 is 0 Å². The first-order valence-electron chi connectivity index (χ1n) is 6.16. The Morgan fingerprint density at radius 1 is 1.20 bits per heavy atom. The van der Waals surface area contributed by atoms with E-state index in [-0.39, 0.29) is 5.88 Å². The van der Waals surface area contributed by atoms with Crippen molar-refractivity contribution in [3.05, 3.63) is 27.7 Å². The molecule has 0 atom stereocenters. The second kappa shape index (κ2) is 7.22. The third-order valence-electron chi connectivity index (χ3n) is 3.06. The van der Waals surface area contributed by atoms with Crippen LogP contribution in [0.2, 0.25) is 0 Å². The number of alkyl halides is 1. The van der Waals surface area contributed by atoms with E-state index < -0.39 is 10.0 Å². The third-order valence-corrected chi connectivity index (χ3v) is 6.18. The predicted molar refractivity (Wildman–Crippen MR) is 86.8 cm³/mol. The molecule has 1 aromatic rings. The fourth-order valence-corrected chi connectivity index (χ4v) is 3.93. The van der Waals surface area contributed by atoms with E-state index in [0.29, 0.717) is 23.5 Å². The number of likely N-dealkylation sites (N-methyl/N-ethyl adjacent to an activating group) is 2. The number of nitrogens with zero attached hydrogens (tertiary/aromatic N) is 2. The van der Waals surface area contributed by atoms with E-state index in [4.69, 9.17) is 11.6 Å². The molecule has 0 amide bonds. The number of halogens is 2. The molecule has 1 rings (SSSR count). The maximum Gasteiger partial charge on any atom is 0.243 e. The SMILES string of the molecule is Cc1c(Br)cc(CCl)cc1S(=O)(=O)N(C)CCN(C)C. The summed E-state index contributed by atoms with van der Waals surface area (Å²) in [5, 5.41) is 0. The Kier molecular flexibility index (Phi) is 6.47. The molecular weight excluding hydrogens is 364 g/mol. The number of hydrogen-bond acceptors (Lipinski definition) is 3. The Morgan fingerprint density at radius 2 is 1.80 bits per heavy atom. The molecule has 7 heteroatoms. The summed E-state index contributed by atoms with van der Waals surface area (Å²) >= 11 is 9.21. The molecule has 0 bridgehead atoms. The summed E-state index contributed by atoms with van der Waals surface area (Å²) < 4.78 is 27.4. The van der Waals surface area contributed by atoms with E-state index in [1.54, 1.807) is 20.0 Å². The van der Waals surface area contributed by atoms with E-state index >= 15 is 0 Å². The van der Waals surface area contributed by atoms with E-state index in [0.717, 1.165) is 10.0 Å². The van der Waals surface area contributed by atoms with Gasteiger partial charge in [0.25, 0.3) is 0 Å². The van der Waals surface area contributed by atoms with Crippen molar-refractivity contribution in [3.8, 4) is 0 Å². The Labute approximate surface area is 134 Å². The Hall–Kier alpha value is -0.140. The van der Waals surface area contributed by atoms with Gasteiger partial charge in [0, 0.05) is 30.5 Å². The molecule has 0 unspecified atom stereocenters. The summed E-state index contributed by atoms with van der Waals surface area (Å²) in [4.78, 5) is 2.26. The van der Waals surface area contributed by atoms with Gasteiger partial charge in [-0.2, -0.15) is 4.31 Å².